The van der Waals surface area contributed by atoms with Crippen LogP contribution in [0, 0.1) is 0 Å². The zero-order valence-corrected chi connectivity index (χ0v) is 11.6. The molecule has 19 heavy (non-hydrogen) atoms. The molecule has 1 atom stereocenters. The molecule has 1 heterocycles. The van der Waals surface area contributed by atoms with E-state index in [1.54, 1.807) is 7.11 Å². The lowest BCUT2D eigenvalue weighted by Gasteiger charge is -2.16. The van der Waals surface area contributed by atoms with Crippen molar-refractivity contribution < 1.29 is 14.3 Å². The summed E-state index contributed by atoms with van der Waals surface area (Å²) >= 11 is 6.12. The number of hydrogen-bond donors (Lipinski definition) is 2. The number of rotatable bonds is 7. The summed E-state index contributed by atoms with van der Waals surface area (Å²) in [6.45, 7) is 1.26. The first-order valence-electron chi connectivity index (χ1n) is 6.25. The molecule has 0 bridgehead atoms. The van der Waals surface area contributed by atoms with E-state index in [1.807, 2.05) is 24.3 Å². The number of halogens is 1. The van der Waals surface area contributed by atoms with Crippen molar-refractivity contribution in [2.24, 2.45) is 0 Å². The number of aliphatic hydroxyl groups is 1. The summed E-state index contributed by atoms with van der Waals surface area (Å²) in [6.07, 6.45) is 0.640. The molecule has 0 aliphatic rings. The molecule has 104 valence electrons. The Kier molecular flexibility index (Phi) is 5.22. The zero-order valence-electron chi connectivity index (χ0n) is 10.9. The van der Waals surface area contributed by atoms with Crippen molar-refractivity contribution in [3.8, 4) is 0 Å². The molecule has 0 radical (unpaired) electrons. The molecule has 2 N–H and O–H groups in total. The lowest BCUT2D eigenvalue weighted by molar-refractivity contribution is 0.148. The quantitative estimate of drug-likeness (QED) is 0.820. The van der Waals surface area contributed by atoms with Crippen LogP contribution in [0.25, 0.3) is 11.0 Å². The van der Waals surface area contributed by atoms with E-state index in [2.05, 4.69) is 5.32 Å². The van der Waals surface area contributed by atoms with Gasteiger partial charge in [-0.3, -0.25) is 0 Å². The van der Waals surface area contributed by atoms with E-state index in [0.29, 0.717) is 24.8 Å². The fourth-order valence-corrected chi connectivity index (χ4v) is 2.33. The summed E-state index contributed by atoms with van der Waals surface area (Å²) in [6, 6.07) is 7.85. The van der Waals surface area contributed by atoms with Gasteiger partial charge in [0.05, 0.1) is 6.61 Å². The van der Waals surface area contributed by atoms with Crippen molar-refractivity contribution in [1.82, 2.24) is 5.32 Å². The monoisotopic (exact) mass is 283 g/mol. The number of methoxy groups -OCH3 is 1. The van der Waals surface area contributed by atoms with Gasteiger partial charge in [0, 0.05) is 37.3 Å². The van der Waals surface area contributed by atoms with Crippen LogP contribution in [-0.2, 0) is 11.3 Å². The maximum absolute atomic E-state index is 9.01. The SMILES string of the molecule is COCC(CCO)NCc1c(Cl)oc2ccccc12. The first-order valence-corrected chi connectivity index (χ1v) is 6.63. The second-order valence-corrected chi connectivity index (χ2v) is 4.74. The molecule has 1 unspecified atom stereocenters. The Morgan fingerprint density at radius 3 is 2.95 bits per heavy atom. The van der Waals surface area contributed by atoms with Crippen molar-refractivity contribution in [2.45, 2.75) is 19.0 Å². The number of benzene rings is 1. The number of para-hydroxylation sites is 1. The summed E-state index contributed by atoms with van der Waals surface area (Å²) in [5, 5.41) is 13.8. The van der Waals surface area contributed by atoms with Crippen molar-refractivity contribution >= 4 is 22.6 Å². The number of ether oxygens (including phenoxy) is 1. The predicted molar refractivity (Wildman–Crippen MR) is 75.4 cm³/mol. The lowest BCUT2D eigenvalue weighted by atomic mass is 10.1. The van der Waals surface area contributed by atoms with Crippen molar-refractivity contribution in [3.63, 3.8) is 0 Å². The molecule has 0 saturated carbocycles. The molecule has 0 amide bonds. The zero-order chi connectivity index (χ0) is 13.7. The Balaban J connectivity index is 2.10. The van der Waals surface area contributed by atoms with Gasteiger partial charge in [0.1, 0.15) is 5.58 Å². The average molecular weight is 284 g/mol. The molecule has 1 aromatic heterocycles. The van der Waals surface area contributed by atoms with E-state index in [9.17, 15) is 0 Å². The number of nitrogens with one attached hydrogen (secondary N) is 1. The number of aliphatic hydroxyl groups excluding tert-OH is 1. The van der Waals surface area contributed by atoms with Crippen LogP contribution < -0.4 is 5.32 Å². The van der Waals surface area contributed by atoms with Crippen molar-refractivity contribution in [1.29, 1.82) is 0 Å². The number of hydrogen-bond acceptors (Lipinski definition) is 4. The normalized spacial score (nSPS) is 13.0. The van der Waals surface area contributed by atoms with Gasteiger partial charge in [0.2, 0.25) is 0 Å². The van der Waals surface area contributed by atoms with Crippen LogP contribution in [0.2, 0.25) is 5.22 Å². The minimum Gasteiger partial charge on any atom is -0.444 e. The molecule has 2 rings (SSSR count). The highest BCUT2D eigenvalue weighted by molar-refractivity contribution is 6.30. The Labute approximate surface area is 117 Å². The van der Waals surface area contributed by atoms with E-state index < -0.39 is 0 Å². The third kappa shape index (κ3) is 3.48. The standard InChI is InChI=1S/C14H18ClNO3/c1-18-9-10(6-7-17)16-8-12-11-4-2-3-5-13(11)19-14(12)15/h2-5,10,16-17H,6-9H2,1H3. The van der Waals surface area contributed by atoms with Crippen LogP contribution in [0.4, 0.5) is 0 Å². The van der Waals surface area contributed by atoms with Gasteiger partial charge in [-0.25, -0.2) is 0 Å². The minimum absolute atomic E-state index is 0.0970. The lowest BCUT2D eigenvalue weighted by Crippen LogP contribution is -2.33. The van der Waals surface area contributed by atoms with Crippen LogP contribution in [0.5, 0.6) is 0 Å². The first-order chi connectivity index (χ1) is 9.26. The molecular weight excluding hydrogens is 266 g/mol. The van der Waals surface area contributed by atoms with Gasteiger partial charge in [0.25, 0.3) is 0 Å². The van der Waals surface area contributed by atoms with Crippen LogP contribution in [-0.4, -0.2) is 31.5 Å². The summed E-state index contributed by atoms with van der Waals surface area (Å²) in [4.78, 5) is 0. The smallest absolute Gasteiger partial charge is 0.199 e. The van der Waals surface area contributed by atoms with Crippen LogP contribution in [0.3, 0.4) is 0 Å². The van der Waals surface area contributed by atoms with Crippen molar-refractivity contribution in [3.05, 3.63) is 35.0 Å². The fraction of sp³-hybridized carbons (Fsp3) is 0.429. The van der Waals surface area contributed by atoms with E-state index in [0.717, 1.165) is 16.5 Å². The van der Waals surface area contributed by atoms with Crippen LogP contribution in [0.1, 0.15) is 12.0 Å². The van der Waals surface area contributed by atoms with E-state index in [4.69, 9.17) is 25.9 Å². The fourth-order valence-electron chi connectivity index (χ4n) is 2.08. The van der Waals surface area contributed by atoms with Gasteiger partial charge in [-0.05, 0) is 24.1 Å². The Hall–Kier alpha value is -1.07. The topological polar surface area (TPSA) is 54.6 Å². The van der Waals surface area contributed by atoms with Crippen LogP contribution >= 0.6 is 11.6 Å². The van der Waals surface area contributed by atoms with Gasteiger partial charge >= 0.3 is 0 Å². The number of furan rings is 1. The molecule has 0 spiro atoms. The Morgan fingerprint density at radius 1 is 1.42 bits per heavy atom. The largest absolute Gasteiger partial charge is 0.444 e. The molecule has 2 aromatic rings. The second kappa shape index (κ2) is 6.91. The van der Waals surface area contributed by atoms with Gasteiger partial charge in [-0.1, -0.05) is 18.2 Å². The molecule has 1 aromatic carbocycles. The predicted octanol–water partition coefficient (Wildman–Crippen LogP) is 2.57. The van der Waals surface area contributed by atoms with Gasteiger partial charge < -0.3 is 19.6 Å². The second-order valence-electron chi connectivity index (χ2n) is 4.40. The maximum atomic E-state index is 9.01. The molecule has 0 saturated heterocycles. The van der Waals surface area contributed by atoms with Gasteiger partial charge in [-0.2, -0.15) is 0 Å². The molecular formula is C14H18ClNO3. The minimum atomic E-state index is 0.0970. The highest BCUT2D eigenvalue weighted by Crippen LogP contribution is 2.29. The van der Waals surface area contributed by atoms with E-state index in [-0.39, 0.29) is 12.6 Å². The Bertz CT molecular complexity index is 520. The van der Waals surface area contributed by atoms with Crippen LogP contribution in [0.15, 0.2) is 28.7 Å². The molecule has 5 heteroatoms. The molecule has 4 nitrogen and oxygen atoms in total. The van der Waals surface area contributed by atoms with Gasteiger partial charge in [0.15, 0.2) is 5.22 Å². The summed E-state index contributed by atoms with van der Waals surface area (Å²) in [7, 11) is 1.65. The third-order valence-corrected chi connectivity index (χ3v) is 3.37. The summed E-state index contributed by atoms with van der Waals surface area (Å²) in [5.41, 5.74) is 1.73. The third-order valence-electron chi connectivity index (χ3n) is 3.06. The van der Waals surface area contributed by atoms with Crippen molar-refractivity contribution in [2.75, 3.05) is 20.3 Å². The van der Waals surface area contributed by atoms with E-state index >= 15 is 0 Å². The Morgan fingerprint density at radius 2 is 2.21 bits per heavy atom. The number of fused-ring (bicyclic) bond motifs is 1. The first kappa shape index (κ1) is 14.3. The summed E-state index contributed by atoms with van der Waals surface area (Å²) in [5.74, 6) is 0. The highest BCUT2D eigenvalue weighted by atomic mass is 35.5. The van der Waals surface area contributed by atoms with E-state index in [1.165, 1.54) is 0 Å². The average Bonchev–Trinajstić information content (AvgIpc) is 2.72. The molecule has 0 aliphatic carbocycles. The highest BCUT2D eigenvalue weighted by Gasteiger charge is 2.14. The molecule has 0 aliphatic heterocycles. The maximum Gasteiger partial charge on any atom is 0.199 e. The summed E-state index contributed by atoms with van der Waals surface area (Å²) < 4.78 is 10.6. The van der Waals surface area contributed by atoms with Gasteiger partial charge in [-0.15, -0.1) is 0 Å². The molecule has 0 fully saturated rings.